The third kappa shape index (κ3) is 4.89. The molecule has 0 aromatic rings. The van der Waals surface area contributed by atoms with E-state index in [-0.39, 0.29) is 18.6 Å². The van der Waals surface area contributed by atoms with Gasteiger partial charge in [-0.15, -0.1) is 0 Å². The predicted octanol–water partition coefficient (Wildman–Crippen LogP) is -1.08. The lowest BCUT2D eigenvalue weighted by molar-refractivity contribution is -0.147. The van der Waals surface area contributed by atoms with Crippen molar-refractivity contribution < 1.29 is 24.1 Å². The molecular formula is C10H19NO5. The van der Waals surface area contributed by atoms with Crippen LogP contribution < -0.4 is 5.32 Å². The Kier molecular flexibility index (Phi) is 6.32. The Labute approximate surface area is 94.9 Å². The molecule has 0 aromatic heterocycles. The molecule has 0 spiro atoms. The molecule has 2 N–H and O–H groups in total. The first kappa shape index (κ1) is 13.4. The summed E-state index contributed by atoms with van der Waals surface area (Å²) in [7, 11) is 1.60. The maximum absolute atomic E-state index is 11.4. The van der Waals surface area contributed by atoms with Crippen LogP contribution >= 0.6 is 0 Å². The number of esters is 1. The van der Waals surface area contributed by atoms with Gasteiger partial charge in [0.05, 0.1) is 25.9 Å². The van der Waals surface area contributed by atoms with Crippen LogP contribution in [0.15, 0.2) is 0 Å². The molecular weight excluding hydrogens is 214 g/mol. The lowest BCUT2D eigenvalue weighted by Gasteiger charge is -2.10. The maximum Gasteiger partial charge on any atom is 0.323 e. The van der Waals surface area contributed by atoms with Crippen LogP contribution in [0.4, 0.5) is 0 Å². The number of nitrogens with one attached hydrogen (secondary N) is 1. The zero-order valence-electron chi connectivity index (χ0n) is 9.48. The highest BCUT2D eigenvalue weighted by Crippen LogP contribution is 2.07. The molecule has 6 nitrogen and oxygen atoms in total. The summed E-state index contributed by atoms with van der Waals surface area (Å²) in [6, 6.07) is -0.381. The number of ether oxygens (including phenoxy) is 3. The summed E-state index contributed by atoms with van der Waals surface area (Å²) in [6.45, 7) is 2.07. The first-order valence-corrected chi connectivity index (χ1v) is 5.39. The summed E-state index contributed by atoms with van der Waals surface area (Å²) >= 11 is 0. The molecule has 0 radical (unpaired) electrons. The summed E-state index contributed by atoms with van der Waals surface area (Å²) < 4.78 is 14.9. The van der Waals surface area contributed by atoms with E-state index in [0.29, 0.717) is 32.8 Å². The molecule has 6 heteroatoms. The van der Waals surface area contributed by atoms with Crippen molar-refractivity contribution in [2.75, 3.05) is 40.1 Å². The minimum absolute atomic E-state index is 0.233. The number of aliphatic hydroxyl groups is 1. The van der Waals surface area contributed by atoms with Crippen molar-refractivity contribution in [1.82, 2.24) is 5.32 Å². The Hall–Kier alpha value is -0.690. The van der Waals surface area contributed by atoms with E-state index in [0.717, 1.165) is 0 Å². The average molecular weight is 233 g/mol. The monoisotopic (exact) mass is 233 g/mol. The summed E-state index contributed by atoms with van der Waals surface area (Å²) in [5.74, 6) is -0.327. The molecule has 1 fully saturated rings. The molecule has 1 aliphatic heterocycles. The maximum atomic E-state index is 11.4. The Morgan fingerprint density at radius 3 is 2.75 bits per heavy atom. The zero-order chi connectivity index (χ0) is 11.8. The van der Waals surface area contributed by atoms with E-state index < -0.39 is 6.10 Å². The number of hydrogen-bond acceptors (Lipinski definition) is 6. The first-order valence-electron chi connectivity index (χ1n) is 5.39. The second-order valence-electron chi connectivity index (χ2n) is 3.62. The van der Waals surface area contributed by atoms with Gasteiger partial charge in [0, 0.05) is 20.1 Å². The van der Waals surface area contributed by atoms with Gasteiger partial charge in [-0.25, -0.2) is 0 Å². The molecule has 1 rings (SSSR count). The van der Waals surface area contributed by atoms with Crippen LogP contribution in [-0.2, 0) is 19.0 Å². The molecule has 1 heterocycles. The Morgan fingerprint density at radius 2 is 2.12 bits per heavy atom. The summed E-state index contributed by atoms with van der Waals surface area (Å²) in [4.78, 5) is 11.4. The lowest BCUT2D eigenvalue weighted by Crippen LogP contribution is -2.33. The second-order valence-corrected chi connectivity index (χ2v) is 3.62. The standard InChI is InChI=1S/C10H19NO5/c1-14-2-3-15-4-5-16-10(13)9-6-8(12)7-11-9/h8-9,11-12H,2-7H2,1H3/t8-,9-/m0/s1. The number of carbonyl (C=O) groups excluding carboxylic acids is 1. The van der Waals surface area contributed by atoms with Crippen molar-refractivity contribution in [2.24, 2.45) is 0 Å². The SMILES string of the molecule is COCCOCCOC(=O)[C@@H]1C[C@H](O)CN1. The van der Waals surface area contributed by atoms with Crippen LogP contribution in [-0.4, -0.2) is 63.3 Å². The third-order valence-electron chi connectivity index (χ3n) is 2.30. The van der Waals surface area contributed by atoms with E-state index in [1.54, 1.807) is 7.11 Å². The highest BCUT2D eigenvalue weighted by Gasteiger charge is 2.28. The van der Waals surface area contributed by atoms with Gasteiger partial charge in [0.1, 0.15) is 12.6 Å². The van der Waals surface area contributed by atoms with Crippen LogP contribution in [0.3, 0.4) is 0 Å². The van der Waals surface area contributed by atoms with Crippen molar-refractivity contribution in [3.8, 4) is 0 Å². The number of carbonyl (C=O) groups is 1. The van der Waals surface area contributed by atoms with Crippen molar-refractivity contribution >= 4 is 5.97 Å². The summed E-state index contributed by atoms with van der Waals surface area (Å²) in [5, 5.41) is 12.1. The zero-order valence-corrected chi connectivity index (χ0v) is 9.48. The Bertz CT molecular complexity index is 211. The van der Waals surface area contributed by atoms with Crippen molar-refractivity contribution in [2.45, 2.75) is 18.6 Å². The molecule has 0 bridgehead atoms. The van der Waals surface area contributed by atoms with Gasteiger partial charge in [-0.1, -0.05) is 0 Å². The van der Waals surface area contributed by atoms with Crippen LogP contribution in [0, 0.1) is 0 Å². The molecule has 2 atom stereocenters. The average Bonchev–Trinajstić information content (AvgIpc) is 2.70. The van der Waals surface area contributed by atoms with E-state index in [1.807, 2.05) is 0 Å². The fourth-order valence-corrected chi connectivity index (χ4v) is 1.44. The van der Waals surface area contributed by atoms with Gasteiger partial charge < -0.3 is 24.6 Å². The third-order valence-corrected chi connectivity index (χ3v) is 2.30. The Balaban J connectivity index is 1.98. The Morgan fingerprint density at radius 1 is 1.38 bits per heavy atom. The van der Waals surface area contributed by atoms with Crippen molar-refractivity contribution in [1.29, 1.82) is 0 Å². The van der Waals surface area contributed by atoms with Crippen LogP contribution in [0.2, 0.25) is 0 Å². The molecule has 0 aliphatic carbocycles. The highest BCUT2D eigenvalue weighted by atomic mass is 16.6. The van der Waals surface area contributed by atoms with Gasteiger partial charge in [-0.3, -0.25) is 4.79 Å². The quantitative estimate of drug-likeness (QED) is 0.430. The van der Waals surface area contributed by atoms with E-state index in [2.05, 4.69) is 5.32 Å². The van der Waals surface area contributed by atoms with Gasteiger partial charge in [0.15, 0.2) is 0 Å². The van der Waals surface area contributed by atoms with E-state index in [4.69, 9.17) is 14.2 Å². The predicted molar refractivity (Wildman–Crippen MR) is 56.1 cm³/mol. The molecule has 1 aliphatic rings. The minimum Gasteiger partial charge on any atom is -0.462 e. The number of hydrogen-bond donors (Lipinski definition) is 2. The van der Waals surface area contributed by atoms with Crippen LogP contribution in [0.25, 0.3) is 0 Å². The van der Waals surface area contributed by atoms with Crippen LogP contribution in [0.1, 0.15) is 6.42 Å². The van der Waals surface area contributed by atoms with Gasteiger partial charge in [-0.05, 0) is 0 Å². The largest absolute Gasteiger partial charge is 0.462 e. The van der Waals surface area contributed by atoms with Gasteiger partial charge >= 0.3 is 5.97 Å². The summed E-state index contributed by atoms with van der Waals surface area (Å²) in [5.41, 5.74) is 0. The number of methoxy groups -OCH3 is 1. The number of rotatable bonds is 7. The fraction of sp³-hybridized carbons (Fsp3) is 0.900. The molecule has 16 heavy (non-hydrogen) atoms. The van der Waals surface area contributed by atoms with E-state index >= 15 is 0 Å². The van der Waals surface area contributed by atoms with Crippen molar-refractivity contribution in [3.05, 3.63) is 0 Å². The minimum atomic E-state index is -0.449. The van der Waals surface area contributed by atoms with Crippen molar-refractivity contribution in [3.63, 3.8) is 0 Å². The van der Waals surface area contributed by atoms with Gasteiger partial charge in [0.25, 0.3) is 0 Å². The van der Waals surface area contributed by atoms with E-state index in [1.165, 1.54) is 0 Å². The number of aliphatic hydroxyl groups excluding tert-OH is 1. The molecule has 0 aromatic carbocycles. The fourth-order valence-electron chi connectivity index (χ4n) is 1.44. The van der Waals surface area contributed by atoms with Gasteiger partial charge in [-0.2, -0.15) is 0 Å². The molecule has 94 valence electrons. The van der Waals surface area contributed by atoms with E-state index in [9.17, 15) is 9.90 Å². The molecule has 1 saturated heterocycles. The molecule has 0 amide bonds. The molecule has 0 unspecified atom stereocenters. The van der Waals surface area contributed by atoms with Gasteiger partial charge in [0.2, 0.25) is 0 Å². The number of β-amino-alcohol motifs (C(OH)–C–C–N with tert-alkyl or cyclic N) is 1. The molecule has 0 saturated carbocycles. The smallest absolute Gasteiger partial charge is 0.323 e. The first-order chi connectivity index (χ1) is 7.74. The topological polar surface area (TPSA) is 77.0 Å². The lowest BCUT2D eigenvalue weighted by atomic mass is 10.2. The highest BCUT2D eigenvalue weighted by molar-refractivity contribution is 5.76. The normalized spacial score (nSPS) is 24.6. The summed E-state index contributed by atoms with van der Waals surface area (Å²) in [6.07, 6.45) is -0.0286. The second kappa shape index (κ2) is 7.56. The van der Waals surface area contributed by atoms with Crippen LogP contribution in [0.5, 0.6) is 0 Å².